The van der Waals surface area contributed by atoms with Gasteiger partial charge in [0.15, 0.2) is 5.65 Å². The van der Waals surface area contributed by atoms with Crippen molar-refractivity contribution in [2.45, 2.75) is 0 Å². The molecular weight excluding hydrogens is 224 g/mol. The number of benzene rings is 1. The molecule has 0 atom stereocenters. The highest BCUT2D eigenvalue weighted by Crippen LogP contribution is 2.28. The van der Waals surface area contributed by atoms with E-state index in [1.54, 1.807) is 17.0 Å². The summed E-state index contributed by atoms with van der Waals surface area (Å²) in [6, 6.07) is 7.61. The van der Waals surface area contributed by atoms with E-state index in [9.17, 15) is 0 Å². The first-order valence-electron chi connectivity index (χ1n) is 4.74. The summed E-state index contributed by atoms with van der Waals surface area (Å²) in [5, 5.41) is 4.72. The zero-order chi connectivity index (χ0) is 11.0. The van der Waals surface area contributed by atoms with Crippen LogP contribution in [-0.4, -0.2) is 19.6 Å². The predicted molar refractivity (Wildman–Crippen MR) is 61.2 cm³/mol. The minimum absolute atomic E-state index is 0.681. The largest absolute Gasteiger partial charge is 0.244 e. The van der Waals surface area contributed by atoms with Crippen molar-refractivity contribution in [1.82, 2.24) is 19.6 Å². The quantitative estimate of drug-likeness (QED) is 0.645. The molecule has 0 aliphatic rings. The zero-order valence-corrected chi connectivity index (χ0v) is 8.96. The van der Waals surface area contributed by atoms with Crippen molar-refractivity contribution in [3.05, 3.63) is 48.1 Å². The molecule has 0 spiro atoms. The van der Waals surface area contributed by atoms with Crippen LogP contribution in [0.3, 0.4) is 0 Å². The molecule has 5 heteroatoms. The van der Waals surface area contributed by atoms with Gasteiger partial charge < -0.3 is 0 Å². The van der Waals surface area contributed by atoms with Gasteiger partial charge in [-0.3, -0.25) is 0 Å². The van der Waals surface area contributed by atoms with Crippen molar-refractivity contribution in [3.8, 4) is 11.1 Å². The van der Waals surface area contributed by atoms with E-state index >= 15 is 0 Å². The van der Waals surface area contributed by atoms with Crippen LogP contribution in [0.5, 0.6) is 0 Å². The second-order valence-corrected chi connectivity index (χ2v) is 3.72. The lowest BCUT2D eigenvalue weighted by Crippen LogP contribution is -1.92. The fraction of sp³-hybridized carbons (Fsp3) is 0. The van der Waals surface area contributed by atoms with Gasteiger partial charge in [0, 0.05) is 22.3 Å². The third kappa shape index (κ3) is 1.35. The number of rotatable bonds is 1. The summed E-state index contributed by atoms with van der Waals surface area (Å²) in [4.78, 5) is 8.29. The van der Waals surface area contributed by atoms with E-state index in [0.717, 1.165) is 16.8 Å². The third-order valence-electron chi connectivity index (χ3n) is 2.36. The molecule has 0 bridgehead atoms. The maximum Gasteiger partial charge on any atom is 0.166 e. The van der Waals surface area contributed by atoms with Crippen LogP contribution in [0.25, 0.3) is 16.8 Å². The smallest absolute Gasteiger partial charge is 0.166 e. The highest BCUT2D eigenvalue weighted by Gasteiger charge is 2.08. The highest BCUT2D eigenvalue weighted by atomic mass is 35.5. The summed E-state index contributed by atoms with van der Waals surface area (Å²) >= 11 is 6.14. The third-order valence-corrected chi connectivity index (χ3v) is 2.69. The first kappa shape index (κ1) is 9.30. The van der Waals surface area contributed by atoms with Gasteiger partial charge in [0.25, 0.3) is 0 Å². The van der Waals surface area contributed by atoms with Crippen molar-refractivity contribution >= 4 is 17.2 Å². The Bertz CT molecular complexity index is 647. The lowest BCUT2D eigenvalue weighted by atomic mass is 10.1. The van der Waals surface area contributed by atoms with Crippen LogP contribution in [0.2, 0.25) is 5.02 Å². The molecule has 0 amide bonds. The van der Waals surface area contributed by atoms with Crippen LogP contribution in [-0.2, 0) is 0 Å². The summed E-state index contributed by atoms with van der Waals surface area (Å²) in [5.74, 6) is 0. The molecule has 0 aliphatic carbocycles. The molecule has 0 radical (unpaired) electrons. The molecule has 2 heterocycles. The molecule has 16 heavy (non-hydrogen) atoms. The number of fused-ring (bicyclic) bond motifs is 1. The summed E-state index contributed by atoms with van der Waals surface area (Å²) in [6.07, 6.45) is 4.85. The van der Waals surface area contributed by atoms with Gasteiger partial charge in [-0.15, -0.1) is 0 Å². The molecule has 78 valence electrons. The van der Waals surface area contributed by atoms with Crippen LogP contribution in [0.4, 0.5) is 0 Å². The Balaban J connectivity index is 2.34. The van der Waals surface area contributed by atoms with Gasteiger partial charge in [0.05, 0.1) is 0 Å². The Morgan fingerprint density at radius 1 is 1.12 bits per heavy atom. The zero-order valence-electron chi connectivity index (χ0n) is 8.21. The van der Waals surface area contributed by atoms with Crippen molar-refractivity contribution in [3.63, 3.8) is 0 Å². The van der Waals surface area contributed by atoms with Gasteiger partial charge in [-0.25, -0.2) is 14.5 Å². The average molecular weight is 231 g/mol. The van der Waals surface area contributed by atoms with Crippen molar-refractivity contribution in [2.75, 3.05) is 0 Å². The molecule has 0 aliphatic heterocycles. The molecule has 3 rings (SSSR count). The Morgan fingerprint density at radius 2 is 2.00 bits per heavy atom. The molecule has 0 N–H and O–H groups in total. The first-order valence-corrected chi connectivity index (χ1v) is 5.12. The Kier molecular flexibility index (Phi) is 2.08. The molecule has 3 aromatic rings. The minimum Gasteiger partial charge on any atom is -0.244 e. The van der Waals surface area contributed by atoms with Crippen LogP contribution < -0.4 is 0 Å². The molecule has 4 nitrogen and oxygen atoms in total. The monoisotopic (exact) mass is 230 g/mol. The van der Waals surface area contributed by atoms with Gasteiger partial charge >= 0.3 is 0 Å². The number of nitrogens with zero attached hydrogens (tertiary/aromatic N) is 4. The summed E-state index contributed by atoms with van der Waals surface area (Å²) in [7, 11) is 0. The first-order chi connectivity index (χ1) is 7.86. The maximum atomic E-state index is 6.14. The van der Waals surface area contributed by atoms with Crippen LogP contribution >= 0.6 is 11.6 Å². The number of hydrogen-bond acceptors (Lipinski definition) is 3. The van der Waals surface area contributed by atoms with Gasteiger partial charge in [-0.1, -0.05) is 29.8 Å². The van der Waals surface area contributed by atoms with Gasteiger partial charge in [0.2, 0.25) is 0 Å². The topological polar surface area (TPSA) is 43.1 Å². The molecule has 2 aromatic heterocycles. The Morgan fingerprint density at radius 3 is 2.88 bits per heavy atom. The van der Waals surface area contributed by atoms with Crippen molar-refractivity contribution in [2.24, 2.45) is 0 Å². The standard InChI is InChI=1S/C11H7ClN4/c12-10-4-2-1-3-8(10)9-5-13-7-16-11(9)14-6-15-16/h1-7H. The maximum absolute atomic E-state index is 6.14. The fourth-order valence-electron chi connectivity index (χ4n) is 1.63. The second kappa shape index (κ2) is 3.57. The Labute approximate surface area is 96.5 Å². The molecule has 0 fully saturated rings. The van der Waals surface area contributed by atoms with E-state index in [4.69, 9.17) is 11.6 Å². The normalized spacial score (nSPS) is 10.8. The number of hydrogen-bond donors (Lipinski definition) is 0. The van der Waals surface area contributed by atoms with Gasteiger partial charge in [0.1, 0.15) is 12.7 Å². The lowest BCUT2D eigenvalue weighted by Gasteiger charge is -2.04. The van der Waals surface area contributed by atoms with Gasteiger partial charge in [-0.05, 0) is 6.07 Å². The summed E-state index contributed by atoms with van der Waals surface area (Å²) in [6.45, 7) is 0. The molecule has 0 saturated carbocycles. The van der Waals surface area contributed by atoms with E-state index in [-0.39, 0.29) is 0 Å². The van der Waals surface area contributed by atoms with Crippen LogP contribution in [0, 0.1) is 0 Å². The predicted octanol–water partition coefficient (Wildman–Crippen LogP) is 2.44. The van der Waals surface area contributed by atoms with E-state index in [2.05, 4.69) is 15.1 Å². The van der Waals surface area contributed by atoms with E-state index in [1.165, 1.54) is 6.33 Å². The van der Waals surface area contributed by atoms with Crippen molar-refractivity contribution < 1.29 is 0 Å². The van der Waals surface area contributed by atoms with Gasteiger partial charge in [-0.2, -0.15) is 5.10 Å². The highest BCUT2D eigenvalue weighted by molar-refractivity contribution is 6.33. The minimum atomic E-state index is 0.681. The summed E-state index contributed by atoms with van der Waals surface area (Å²) in [5.41, 5.74) is 2.55. The van der Waals surface area contributed by atoms with E-state index < -0.39 is 0 Å². The number of halogens is 1. The van der Waals surface area contributed by atoms with E-state index in [0.29, 0.717) is 5.02 Å². The molecular formula is C11H7ClN4. The molecule has 0 saturated heterocycles. The van der Waals surface area contributed by atoms with Crippen LogP contribution in [0.1, 0.15) is 0 Å². The number of aromatic nitrogens is 4. The molecule has 0 unspecified atom stereocenters. The second-order valence-electron chi connectivity index (χ2n) is 3.32. The van der Waals surface area contributed by atoms with E-state index in [1.807, 2.05) is 24.3 Å². The SMILES string of the molecule is Clc1ccccc1-c1cncn2ncnc12. The fourth-order valence-corrected chi connectivity index (χ4v) is 1.86. The van der Waals surface area contributed by atoms with Crippen molar-refractivity contribution in [1.29, 1.82) is 0 Å². The lowest BCUT2D eigenvalue weighted by molar-refractivity contribution is 0.923. The van der Waals surface area contributed by atoms with Crippen LogP contribution in [0.15, 0.2) is 43.1 Å². The average Bonchev–Trinajstić information content (AvgIpc) is 2.77. The molecule has 1 aromatic carbocycles. The summed E-state index contributed by atoms with van der Waals surface area (Å²) < 4.78 is 1.62. The Hall–Kier alpha value is -1.94.